The zero-order valence-electron chi connectivity index (χ0n) is 46.2. The summed E-state index contributed by atoms with van der Waals surface area (Å²) in [6, 6.07) is 48.0. The molecule has 1 atom stereocenters. The maximum Gasteiger partial charge on any atom is 0.242 e. The van der Waals surface area contributed by atoms with Crippen LogP contribution in [0.25, 0.3) is 21.5 Å². The van der Waals surface area contributed by atoms with Gasteiger partial charge < -0.3 is 29.2 Å². The topological polar surface area (TPSA) is 45.7 Å². The summed E-state index contributed by atoms with van der Waals surface area (Å²) in [4.78, 5) is 29.0. The molecular weight excluding hydrogens is 953 g/mol. The molecule has 7 aromatic carbocycles. The number of carbonyl (C=O) groups is 1. The number of amides is 1. The molecule has 1 unspecified atom stereocenters. The zero-order valence-corrected chi connectivity index (χ0v) is 47.1. The van der Waals surface area contributed by atoms with Crippen molar-refractivity contribution in [3.63, 3.8) is 0 Å². The number of carbonyl (C=O) groups excluding carboxylic acids is 1. The van der Waals surface area contributed by atoms with Gasteiger partial charge in [0.25, 0.3) is 0 Å². The molecule has 0 spiro atoms. The molecule has 3 heterocycles. The van der Waals surface area contributed by atoms with Gasteiger partial charge in [0.2, 0.25) is 5.91 Å². The highest BCUT2D eigenvalue weighted by Crippen LogP contribution is 2.53. The largest absolute Gasteiger partial charge is 0.457 e. The number of hydrogen-bond donors (Lipinski definition) is 0. The van der Waals surface area contributed by atoms with Crippen molar-refractivity contribution in [1.82, 2.24) is 0 Å². The van der Waals surface area contributed by atoms with E-state index in [2.05, 4.69) is 231 Å². The predicted octanol–water partition coefficient (Wildman–Crippen LogP) is 15.9. The van der Waals surface area contributed by atoms with Crippen LogP contribution in [0.1, 0.15) is 71.9 Å². The van der Waals surface area contributed by atoms with Crippen LogP contribution in [0.15, 0.2) is 185 Å². The first-order valence-corrected chi connectivity index (χ1v) is 28.1. The summed E-state index contributed by atoms with van der Waals surface area (Å²) in [5.74, 6) is 2.00. The van der Waals surface area contributed by atoms with Crippen LogP contribution in [0.5, 0.6) is 5.75 Å². The lowest BCUT2D eigenvalue weighted by Gasteiger charge is -2.38. The summed E-state index contributed by atoms with van der Waals surface area (Å²) in [5.41, 5.74) is 14.7. The monoisotopic (exact) mass is 1020 g/mol. The quantitative estimate of drug-likeness (QED) is 0.112. The molecular formula is C67H72N6O2S. The first-order chi connectivity index (χ1) is 36.6. The molecule has 388 valence electrons. The number of nitrogens with zero attached hydrogens (tertiary/aromatic N) is 6. The molecule has 76 heavy (non-hydrogen) atoms. The number of hydrogen-bond acceptors (Lipinski definition) is 8. The lowest BCUT2D eigenvalue weighted by atomic mass is 9.78. The molecule has 0 saturated carbocycles. The Bertz CT molecular complexity index is 3490. The molecule has 4 aliphatic rings. The Morgan fingerprint density at radius 2 is 1.26 bits per heavy atom. The Hall–Kier alpha value is -7.36. The van der Waals surface area contributed by atoms with Crippen molar-refractivity contribution < 1.29 is 9.53 Å². The fourth-order valence-electron chi connectivity index (χ4n) is 12.6. The Labute approximate surface area is 455 Å². The highest BCUT2D eigenvalue weighted by atomic mass is 32.2. The predicted molar refractivity (Wildman–Crippen MR) is 325 cm³/mol. The number of benzene rings is 7. The van der Waals surface area contributed by atoms with Crippen LogP contribution >= 0.6 is 11.8 Å². The van der Waals surface area contributed by atoms with E-state index in [9.17, 15) is 4.79 Å². The third-order valence-electron chi connectivity index (χ3n) is 16.6. The molecule has 8 nitrogen and oxygen atoms in total. The van der Waals surface area contributed by atoms with Crippen LogP contribution in [-0.4, -0.2) is 66.0 Å². The molecule has 1 aliphatic carbocycles. The number of allylic oxidation sites excluding steroid dienone is 6. The van der Waals surface area contributed by atoms with Crippen LogP contribution < -0.4 is 34.1 Å². The van der Waals surface area contributed by atoms with Gasteiger partial charge in [0.1, 0.15) is 11.5 Å². The summed E-state index contributed by atoms with van der Waals surface area (Å²) < 4.78 is 7.18. The van der Waals surface area contributed by atoms with E-state index in [1.807, 2.05) is 33.1 Å². The molecule has 0 fully saturated rings. The smallest absolute Gasteiger partial charge is 0.242 e. The van der Waals surface area contributed by atoms with E-state index >= 15 is 0 Å². The minimum Gasteiger partial charge on any atom is -0.457 e. The fraction of sp³-hybridized carbons (Fsp3) is 0.299. The van der Waals surface area contributed by atoms with Gasteiger partial charge in [0, 0.05) is 92.5 Å². The molecule has 0 N–H and O–H groups in total. The lowest BCUT2D eigenvalue weighted by Crippen LogP contribution is -2.39. The van der Waals surface area contributed by atoms with Crippen LogP contribution in [0, 0.1) is 0 Å². The van der Waals surface area contributed by atoms with Gasteiger partial charge in [0.15, 0.2) is 0 Å². The Morgan fingerprint density at radius 1 is 0.671 bits per heavy atom. The van der Waals surface area contributed by atoms with Crippen molar-refractivity contribution in [1.29, 1.82) is 0 Å². The van der Waals surface area contributed by atoms with Crippen molar-refractivity contribution in [2.75, 3.05) is 83.5 Å². The Morgan fingerprint density at radius 3 is 1.87 bits per heavy atom. The molecule has 1 amide bonds. The van der Waals surface area contributed by atoms with Gasteiger partial charge in [-0.25, -0.2) is 0 Å². The van der Waals surface area contributed by atoms with E-state index in [4.69, 9.17) is 4.74 Å². The Balaban J connectivity index is 0.917. The number of fused-ring (bicyclic) bond motifs is 8. The summed E-state index contributed by atoms with van der Waals surface area (Å²) in [5, 5.41) is 5.21. The summed E-state index contributed by atoms with van der Waals surface area (Å²) in [7, 11) is 10.3. The fourth-order valence-corrected chi connectivity index (χ4v) is 13.4. The van der Waals surface area contributed by atoms with Crippen molar-refractivity contribution >= 4 is 84.7 Å². The number of thioether (sulfide) groups is 1. The van der Waals surface area contributed by atoms with E-state index in [1.165, 1.54) is 60.9 Å². The minimum absolute atomic E-state index is 0.0237. The van der Waals surface area contributed by atoms with Crippen molar-refractivity contribution in [2.24, 2.45) is 0 Å². The van der Waals surface area contributed by atoms with Gasteiger partial charge in [-0.3, -0.25) is 9.69 Å². The second-order valence-electron chi connectivity index (χ2n) is 22.3. The Kier molecular flexibility index (Phi) is 13.3. The normalized spacial score (nSPS) is 18.5. The minimum atomic E-state index is -0.209. The average molecular weight is 1030 g/mol. The first-order valence-electron chi connectivity index (χ1n) is 27.1. The maximum absolute atomic E-state index is 14.6. The highest BCUT2D eigenvalue weighted by molar-refractivity contribution is 8.00. The standard InChI is InChI=1S/C67H72N6O2S/c1-12-71-56-35-25-44-19-14-16-23-52(44)63(56)66(3,4)60(71)39-27-46-21-18-22-47(28-40-61-67(5,6)64-53-24-17-15-20-45(53)26-36-57(64)72(61)13-2)65(46)75-50-31-33-51(34-32-50)76-43-62(74)73-54-37-29-48(68(7)8)41-58(54)70(11)59-42-49(69(9)10)30-38-55(59)73/h14-17,19-20,23-42,60H,12-13,18,21-22,43H2,1-11H3/b39-27+,47-28+,61-40+. The van der Waals surface area contributed by atoms with Gasteiger partial charge >= 0.3 is 0 Å². The molecule has 9 heteroatoms. The molecule has 0 radical (unpaired) electrons. The van der Waals surface area contributed by atoms with Crippen LogP contribution in [0.2, 0.25) is 0 Å². The third kappa shape index (κ3) is 8.70. The molecule has 3 aliphatic heterocycles. The molecule has 0 saturated heterocycles. The summed E-state index contributed by atoms with van der Waals surface area (Å²) in [6.07, 6.45) is 12.4. The van der Waals surface area contributed by atoms with Crippen molar-refractivity contribution in [2.45, 2.75) is 82.6 Å². The summed E-state index contributed by atoms with van der Waals surface area (Å²) >= 11 is 1.56. The molecule has 0 bridgehead atoms. The van der Waals surface area contributed by atoms with Gasteiger partial charge in [-0.2, -0.15) is 0 Å². The SMILES string of the molecule is CCN1/C(=C/C=C2\CCCC(/C=C/C3N(CC)c4ccc5ccccc5c4C3(C)C)=C2Oc2ccc(SCC(=O)N3c4ccc(N(C)C)cc4N(C)c4cc(N(C)C)ccc43)cc2)C(C)(C)c2c1ccc1ccccc21. The molecule has 7 aromatic rings. The lowest BCUT2D eigenvalue weighted by molar-refractivity contribution is -0.115. The van der Waals surface area contributed by atoms with E-state index in [1.54, 1.807) is 11.8 Å². The number of anilines is 8. The number of likely N-dealkylation sites (N-methyl/N-ethyl adjacent to an activating group) is 2. The van der Waals surface area contributed by atoms with Gasteiger partial charge in [0.05, 0.1) is 34.5 Å². The van der Waals surface area contributed by atoms with Gasteiger partial charge in [-0.15, -0.1) is 11.8 Å². The first kappa shape index (κ1) is 50.8. The van der Waals surface area contributed by atoms with Gasteiger partial charge in [-0.05, 0) is 156 Å². The van der Waals surface area contributed by atoms with Crippen molar-refractivity contribution in [3.8, 4) is 5.75 Å². The second-order valence-corrected chi connectivity index (χ2v) is 23.3. The van der Waals surface area contributed by atoms with E-state index < -0.39 is 0 Å². The van der Waals surface area contributed by atoms with Crippen molar-refractivity contribution in [3.05, 3.63) is 191 Å². The van der Waals surface area contributed by atoms with Crippen LogP contribution in [-0.2, 0) is 15.6 Å². The molecule has 0 aromatic heterocycles. The average Bonchev–Trinajstić information content (AvgIpc) is 3.86. The third-order valence-corrected chi connectivity index (χ3v) is 17.6. The van der Waals surface area contributed by atoms with Gasteiger partial charge in [-0.1, -0.05) is 107 Å². The molecule has 11 rings (SSSR count). The van der Waals surface area contributed by atoms with E-state index in [-0.39, 0.29) is 28.5 Å². The van der Waals surface area contributed by atoms with E-state index in [0.29, 0.717) is 0 Å². The zero-order chi connectivity index (χ0) is 53.2. The number of ether oxygens (including phenoxy) is 1. The van der Waals surface area contributed by atoms with Crippen LogP contribution in [0.4, 0.5) is 45.5 Å². The van der Waals surface area contributed by atoms with Crippen LogP contribution in [0.3, 0.4) is 0 Å². The highest BCUT2D eigenvalue weighted by Gasteiger charge is 2.44. The van der Waals surface area contributed by atoms with E-state index in [0.717, 1.165) is 82.9 Å². The summed E-state index contributed by atoms with van der Waals surface area (Å²) in [6.45, 7) is 15.9. The second kappa shape index (κ2) is 20.0. The number of rotatable bonds is 12. The maximum atomic E-state index is 14.6.